The number of rotatable bonds is 8. The minimum Gasteiger partial charge on any atom is -0.207 e. The predicted molar refractivity (Wildman–Crippen MR) is 127 cm³/mol. The first-order chi connectivity index (χ1) is 14.3. The molecule has 3 aromatic carbocycles. The molecule has 0 fully saturated rings. The van der Waals surface area contributed by atoms with E-state index in [1.165, 1.54) is 27.8 Å². The molecular weight excluding hydrogens is 391 g/mol. The quantitative estimate of drug-likeness (QED) is 0.342. The van der Waals surface area contributed by atoms with Gasteiger partial charge in [0.15, 0.2) is 0 Å². The molecule has 0 aromatic heterocycles. The van der Waals surface area contributed by atoms with Gasteiger partial charge < -0.3 is 0 Å². The van der Waals surface area contributed by atoms with E-state index in [9.17, 15) is 4.39 Å². The second kappa shape index (κ2) is 10.3. The minimum absolute atomic E-state index is 0.155. The Bertz CT molecular complexity index is 974. The first kappa shape index (κ1) is 22.6. The van der Waals surface area contributed by atoms with Gasteiger partial charge in [0, 0.05) is 5.02 Å². The van der Waals surface area contributed by atoms with Crippen LogP contribution < -0.4 is 0 Å². The lowest BCUT2D eigenvalue weighted by atomic mass is 9.82. The van der Waals surface area contributed by atoms with Crippen LogP contribution in [0.4, 0.5) is 4.39 Å². The van der Waals surface area contributed by atoms with Crippen molar-refractivity contribution in [1.29, 1.82) is 0 Å². The Hall–Kier alpha value is -2.12. The first-order valence-corrected chi connectivity index (χ1v) is 11.3. The third-order valence-electron chi connectivity index (χ3n) is 6.27. The van der Waals surface area contributed by atoms with Gasteiger partial charge in [0.05, 0.1) is 0 Å². The van der Waals surface area contributed by atoms with Crippen LogP contribution in [0.2, 0.25) is 5.02 Å². The van der Waals surface area contributed by atoms with E-state index in [2.05, 4.69) is 51.1 Å². The van der Waals surface area contributed by atoms with Crippen molar-refractivity contribution in [1.82, 2.24) is 0 Å². The van der Waals surface area contributed by atoms with Gasteiger partial charge >= 0.3 is 0 Å². The van der Waals surface area contributed by atoms with Gasteiger partial charge in [0.1, 0.15) is 5.82 Å². The number of hydrogen-bond acceptors (Lipinski definition) is 0. The second-order valence-electron chi connectivity index (χ2n) is 8.80. The third kappa shape index (κ3) is 6.19. The van der Waals surface area contributed by atoms with Crippen LogP contribution in [0.5, 0.6) is 0 Å². The Morgan fingerprint density at radius 1 is 0.833 bits per heavy atom. The fourth-order valence-corrected chi connectivity index (χ4v) is 4.56. The highest BCUT2D eigenvalue weighted by atomic mass is 35.5. The van der Waals surface area contributed by atoms with Gasteiger partial charge in [-0.1, -0.05) is 60.5 Å². The van der Waals surface area contributed by atoms with E-state index >= 15 is 0 Å². The van der Waals surface area contributed by atoms with Gasteiger partial charge in [-0.2, -0.15) is 0 Å². The molecule has 3 aromatic rings. The van der Waals surface area contributed by atoms with Crippen LogP contribution in [0.25, 0.3) is 0 Å². The molecule has 2 unspecified atom stereocenters. The molecule has 2 atom stereocenters. The Labute approximate surface area is 186 Å². The summed E-state index contributed by atoms with van der Waals surface area (Å²) in [6, 6.07) is 20.3. The summed E-state index contributed by atoms with van der Waals surface area (Å²) in [7, 11) is 0. The van der Waals surface area contributed by atoms with E-state index in [1.54, 1.807) is 12.1 Å². The van der Waals surface area contributed by atoms with Crippen molar-refractivity contribution >= 4 is 11.6 Å². The van der Waals surface area contributed by atoms with E-state index in [-0.39, 0.29) is 5.82 Å². The van der Waals surface area contributed by atoms with Crippen molar-refractivity contribution in [2.75, 3.05) is 0 Å². The topological polar surface area (TPSA) is 0 Å². The Kier molecular flexibility index (Phi) is 7.72. The lowest BCUT2D eigenvalue weighted by molar-refractivity contribution is 0.415. The molecule has 0 bridgehead atoms. The molecule has 0 radical (unpaired) electrons. The maximum Gasteiger partial charge on any atom is 0.123 e. The molecule has 0 nitrogen and oxygen atoms in total. The van der Waals surface area contributed by atoms with Crippen molar-refractivity contribution < 1.29 is 4.39 Å². The maximum absolute atomic E-state index is 13.6. The SMILES string of the molecule is Cc1ccc(C(C)CC(CCc2ccc(Cl)cc2C)Cc2ccc(F)cc2C)cc1. The van der Waals surface area contributed by atoms with Gasteiger partial charge in [-0.3, -0.25) is 0 Å². The molecule has 0 heterocycles. The third-order valence-corrected chi connectivity index (χ3v) is 6.51. The van der Waals surface area contributed by atoms with E-state index in [1.807, 2.05) is 25.1 Å². The fraction of sp³-hybridized carbons (Fsp3) is 0.357. The van der Waals surface area contributed by atoms with Crippen molar-refractivity contribution in [3.8, 4) is 0 Å². The van der Waals surface area contributed by atoms with Gasteiger partial charge in [-0.05, 0) is 110 Å². The van der Waals surface area contributed by atoms with Crippen LogP contribution in [0, 0.1) is 32.5 Å². The lowest BCUT2D eigenvalue weighted by Crippen LogP contribution is -2.12. The van der Waals surface area contributed by atoms with Crippen LogP contribution >= 0.6 is 11.6 Å². The van der Waals surface area contributed by atoms with E-state index < -0.39 is 0 Å². The smallest absolute Gasteiger partial charge is 0.123 e. The van der Waals surface area contributed by atoms with Crippen molar-refractivity contribution in [2.24, 2.45) is 5.92 Å². The largest absolute Gasteiger partial charge is 0.207 e. The van der Waals surface area contributed by atoms with Crippen LogP contribution in [0.15, 0.2) is 60.7 Å². The van der Waals surface area contributed by atoms with E-state index in [0.29, 0.717) is 11.8 Å². The maximum atomic E-state index is 13.6. The van der Waals surface area contributed by atoms with Crippen LogP contribution in [0.3, 0.4) is 0 Å². The molecule has 0 aliphatic heterocycles. The molecule has 0 aliphatic rings. The van der Waals surface area contributed by atoms with E-state index in [4.69, 9.17) is 11.6 Å². The summed E-state index contributed by atoms with van der Waals surface area (Å²) in [6.45, 7) is 8.60. The highest BCUT2D eigenvalue weighted by molar-refractivity contribution is 6.30. The summed E-state index contributed by atoms with van der Waals surface area (Å²) in [5.41, 5.74) is 7.61. The monoisotopic (exact) mass is 422 g/mol. The van der Waals surface area contributed by atoms with Crippen LogP contribution in [0.1, 0.15) is 59.1 Å². The zero-order valence-electron chi connectivity index (χ0n) is 18.5. The number of hydrogen-bond donors (Lipinski definition) is 0. The van der Waals surface area contributed by atoms with Gasteiger partial charge in [-0.15, -0.1) is 0 Å². The Morgan fingerprint density at radius 2 is 1.50 bits per heavy atom. The summed E-state index contributed by atoms with van der Waals surface area (Å²) in [5.74, 6) is 0.862. The van der Waals surface area contributed by atoms with Gasteiger partial charge in [-0.25, -0.2) is 4.39 Å². The Morgan fingerprint density at radius 3 is 2.17 bits per heavy atom. The normalized spacial score (nSPS) is 13.3. The summed E-state index contributed by atoms with van der Waals surface area (Å²) in [5, 5.41) is 0.794. The number of aryl methyl sites for hydroxylation is 4. The summed E-state index contributed by atoms with van der Waals surface area (Å²) < 4.78 is 13.6. The predicted octanol–water partition coefficient (Wildman–Crippen LogP) is 8.39. The minimum atomic E-state index is -0.155. The molecule has 30 heavy (non-hydrogen) atoms. The van der Waals surface area contributed by atoms with Crippen molar-refractivity contribution in [2.45, 2.75) is 59.3 Å². The van der Waals surface area contributed by atoms with Crippen LogP contribution in [-0.2, 0) is 12.8 Å². The average Bonchev–Trinajstić information content (AvgIpc) is 2.69. The van der Waals surface area contributed by atoms with E-state index in [0.717, 1.165) is 36.3 Å². The molecule has 3 rings (SSSR count). The summed E-state index contributed by atoms with van der Waals surface area (Å²) >= 11 is 6.13. The molecule has 0 amide bonds. The fourth-order valence-electron chi connectivity index (χ4n) is 4.33. The molecular formula is C28H32ClF. The molecule has 0 aliphatic carbocycles. The molecule has 2 heteroatoms. The number of benzene rings is 3. The van der Waals surface area contributed by atoms with Crippen LogP contribution in [-0.4, -0.2) is 0 Å². The molecule has 0 N–H and O–H groups in total. The highest BCUT2D eigenvalue weighted by Crippen LogP contribution is 2.30. The average molecular weight is 423 g/mol. The first-order valence-electron chi connectivity index (χ1n) is 10.9. The van der Waals surface area contributed by atoms with Gasteiger partial charge in [0.25, 0.3) is 0 Å². The molecule has 0 saturated carbocycles. The summed E-state index contributed by atoms with van der Waals surface area (Å²) in [6.07, 6.45) is 4.24. The second-order valence-corrected chi connectivity index (χ2v) is 9.23. The molecule has 158 valence electrons. The Balaban J connectivity index is 1.77. The summed E-state index contributed by atoms with van der Waals surface area (Å²) in [4.78, 5) is 0. The van der Waals surface area contributed by atoms with Crippen molar-refractivity contribution in [3.63, 3.8) is 0 Å². The number of halogens is 2. The lowest BCUT2D eigenvalue weighted by Gasteiger charge is -2.23. The van der Waals surface area contributed by atoms with Gasteiger partial charge in [0.2, 0.25) is 0 Å². The molecule has 0 saturated heterocycles. The zero-order valence-corrected chi connectivity index (χ0v) is 19.3. The highest BCUT2D eigenvalue weighted by Gasteiger charge is 2.17. The standard InChI is InChI=1S/C28H32ClF/c1-19-5-8-24(9-6-19)20(2)15-23(18-26-12-14-28(30)17-22(26)4)7-10-25-11-13-27(29)16-21(25)3/h5-6,8-9,11-14,16-17,20,23H,7,10,15,18H2,1-4H3. The molecule has 0 spiro atoms. The zero-order chi connectivity index (χ0) is 21.7. The van der Waals surface area contributed by atoms with Crippen molar-refractivity contribution in [3.05, 3.63) is 105 Å².